The van der Waals surface area contributed by atoms with Gasteiger partial charge in [-0.2, -0.15) is 0 Å². The summed E-state index contributed by atoms with van der Waals surface area (Å²) in [5.74, 6) is 0.588. The number of methoxy groups -OCH3 is 1. The lowest BCUT2D eigenvalue weighted by Gasteiger charge is -2.18. The Morgan fingerprint density at radius 2 is 1.90 bits per heavy atom. The molecule has 0 saturated carbocycles. The van der Waals surface area contributed by atoms with Crippen LogP contribution in [0.4, 0.5) is 0 Å². The molecule has 2 rings (SSSR count). The van der Waals surface area contributed by atoms with E-state index in [1.54, 1.807) is 7.11 Å². The van der Waals surface area contributed by atoms with Gasteiger partial charge in [0.1, 0.15) is 0 Å². The number of hydrogen-bond acceptors (Lipinski definition) is 3. The van der Waals surface area contributed by atoms with Crippen molar-refractivity contribution in [2.24, 2.45) is 5.92 Å². The van der Waals surface area contributed by atoms with Crippen LogP contribution in [0.1, 0.15) is 30.3 Å². The van der Waals surface area contributed by atoms with Gasteiger partial charge in [-0.1, -0.05) is 38.1 Å². The van der Waals surface area contributed by atoms with E-state index in [1.165, 1.54) is 20.9 Å². The van der Waals surface area contributed by atoms with Crippen molar-refractivity contribution < 1.29 is 4.74 Å². The van der Waals surface area contributed by atoms with Crippen LogP contribution in [0.2, 0.25) is 0 Å². The molecule has 21 heavy (non-hydrogen) atoms. The molecule has 2 aromatic rings. The molecule has 0 aliphatic rings. The highest BCUT2D eigenvalue weighted by Crippen LogP contribution is 2.35. The number of benzene rings is 1. The van der Waals surface area contributed by atoms with Crippen LogP contribution in [0.15, 0.2) is 36.4 Å². The Hall–Kier alpha value is -1.16. The van der Waals surface area contributed by atoms with Gasteiger partial charge in [0.15, 0.2) is 0 Å². The van der Waals surface area contributed by atoms with Gasteiger partial charge in [-0.05, 0) is 42.6 Å². The van der Waals surface area contributed by atoms with Crippen LogP contribution in [0, 0.1) is 5.92 Å². The van der Waals surface area contributed by atoms with Gasteiger partial charge in [0, 0.05) is 22.9 Å². The fourth-order valence-electron chi connectivity index (χ4n) is 2.66. The SMILES string of the molecule is CNC(c1ccc(-c2ccccc2CCOC)s1)C(C)C. The second kappa shape index (κ2) is 7.74. The monoisotopic (exact) mass is 303 g/mol. The number of ether oxygens (including phenoxy) is 1. The van der Waals surface area contributed by atoms with Crippen LogP contribution >= 0.6 is 11.3 Å². The standard InChI is InChI=1S/C18H25NOS/c1-13(2)18(19-3)17-10-9-16(21-17)15-8-6-5-7-14(15)11-12-20-4/h5-10,13,18-19H,11-12H2,1-4H3. The van der Waals surface area contributed by atoms with Crippen LogP contribution < -0.4 is 5.32 Å². The van der Waals surface area contributed by atoms with Gasteiger partial charge < -0.3 is 10.1 Å². The molecule has 0 spiro atoms. The molecule has 0 fully saturated rings. The Bertz CT molecular complexity index is 562. The molecule has 0 amide bonds. The average Bonchev–Trinajstić information content (AvgIpc) is 2.95. The van der Waals surface area contributed by atoms with Crippen molar-refractivity contribution in [3.63, 3.8) is 0 Å². The Balaban J connectivity index is 2.29. The summed E-state index contributed by atoms with van der Waals surface area (Å²) in [5.41, 5.74) is 2.70. The second-order valence-corrected chi connectivity index (χ2v) is 6.73. The molecule has 0 saturated heterocycles. The fourth-order valence-corrected chi connectivity index (χ4v) is 4.01. The van der Waals surface area contributed by atoms with Crippen LogP contribution in [-0.4, -0.2) is 20.8 Å². The fraction of sp³-hybridized carbons (Fsp3) is 0.444. The molecule has 0 aliphatic carbocycles. The van der Waals surface area contributed by atoms with Crippen LogP contribution in [0.25, 0.3) is 10.4 Å². The van der Waals surface area contributed by atoms with Crippen LogP contribution in [-0.2, 0) is 11.2 Å². The largest absolute Gasteiger partial charge is 0.384 e. The zero-order chi connectivity index (χ0) is 15.2. The molecule has 1 aromatic heterocycles. The lowest BCUT2D eigenvalue weighted by Crippen LogP contribution is -2.20. The quantitative estimate of drug-likeness (QED) is 0.812. The molecule has 1 aromatic carbocycles. The van der Waals surface area contributed by atoms with E-state index in [4.69, 9.17) is 4.74 Å². The molecule has 1 heterocycles. The Labute approximate surface area is 132 Å². The van der Waals surface area contributed by atoms with Crippen molar-refractivity contribution >= 4 is 11.3 Å². The lowest BCUT2D eigenvalue weighted by molar-refractivity contribution is 0.202. The maximum atomic E-state index is 5.22. The minimum absolute atomic E-state index is 0.426. The summed E-state index contributed by atoms with van der Waals surface area (Å²) in [7, 11) is 3.79. The van der Waals surface area contributed by atoms with Crippen molar-refractivity contribution in [3.8, 4) is 10.4 Å². The summed E-state index contributed by atoms with van der Waals surface area (Å²) in [4.78, 5) is 2.75. The molecule has 1 atom stereocenters. The molecule has 0 radical (unpaired) electrons. The highest BCUT2D eigenvalue weighted by Gasteiger charge is 2.16. The van der Waals surface area contributed by atoms with Gasteiger partial charge in [0.05, 0.1) is 6.61 Å². The van der Waals surface area contributed by atoms with E-state index in [-0.39, 0.29) is 0 Å². The first-order chi connectivity index (χ1) is 10.2. The first-order valence-electron chi connectivity index (χ1n) is 7.51. The van der Waals surface area contributed by atoms with Crippen molar-refractivity contribution in [1.82, 2.24) is 5.32 Å². The number of rotatable bonds is 7. The Morgan fingerprint density at radius 1 is 1.14 bits per heavy atom. The minimum atomic E-state index is 0.426. The van der Waals surface area contributed by atoms with E-state index in [0.717, 1.165) is 13.0 Å². The van der Waals surface area contributed by atoms with E-state index in [1.807, 2.05) is 18.4 Å². The summed E-state index contributed by atoms with van der Waals surface area (Å²) in [6.07, 6.45) is 0.958. The Kier molecular flexibility index (Phi) is 5.97. The maximum Gasteiger partial charge on any atom is 0.0502 e. The van der Waals surface area contributed by atoms with Crippen molar-refractivity contribution in [1.29, 1.82) is 0 Å². The minimum Gasteiger partial charge on any atom is -0.384 e. The van der Waals surface area contributed by atoms with E-state index in [0.29, 0.717) is 12.0 Å². The highest BCUT2D eigenvalue weighted by atomic mass is 32.1. The number of hydrogen-bond donors (Lipinski definition) is 1. The summed E-state index contributed by atoms with van der Waals surface area (Å²) in [6.45, 7) is 5.28. The van der Waals surface area contributed by atoms with E-state index >= 15 is 0 Å². The van der Waals surface area contributed by atoms with Crippen molar-refractivity contribution in [3.05, 3.63) is 46.8 Å². The third-order valence-electron chi connectivity index (χ3n) is 3.77. The van der Waals surface area contributed by atoms with Crippen LogP contribution in [0.3, 0.4) is 0 Å². The van der Waals surface area contributed by atoms with Gasteiger partial charge in [-0.3, -0.25) is 0 Å². The molecular formula is C18H25NOS. The normalized spacial score (nSPS) is 12.8. The summed E-state index contributed by atoms with van der Waals surface area (Å²) in [6, 6.07) is 13.6. The molecule has 0 bridgehead atoms. The average molecular weight is 303 g/mol. The van der Waals surface area contributed by atoms with Crippen molar-refractivity contribution in [2.45, 2.75) is 26.3 Å². The van der Waals surface area contributed by atoms with Crippen LogP contribution in [0.5, 0.6) is 0 Å². The molecular weight excluding hydrogens is 278 g/mol. The smallest absolute Gasteiger partial charge is 0.0502 e. The highest BCUT2D eigenvalue weighted by molar-refractivity contribution is 7.15. The predicted molar refractivity (Wildman–Crippen MR) is 92.0 cm³/mol. The summed E-state index contributed by atoms with van der Waals surface area (Å²) >= 11 is 1.89. The number of nitrogens with one attached hydrogen (secondary N) is 1. The first-order valence-corrected chi connectivity index (χ1v) is 8.33. The first kappa shape index (κ1) is 16.2. The third-order valence-corrected chi connectivity index (χ3v) is 4.97. The Morgan fingerprint density at radius 3 is 2.57 bits per heavy atom. The zero-order valence-electron chi connectivity index (χ0n) is 13.3. The van der Waals surface area contributed by atoms with E-state index in [2.05, 4.69) is 55.6 Å². The van der Waals surface area contributed by atoms with E-state index < -0.39 is 0 Å². The lowest BCUT2D eigenvalue weighted by atomic mass is 10.0. The topological polar surface area (TPSA) is 21.3 Å². The maximum absolute atomic E-state index is 5.22. The molecule has 1 unspecified atom stereocenters. The summed E-state index contributed by atoms with van der Waals surface area (Å²) in [5, 5.41) is 3.42. The molecule has 3 heteroatoms. The summed E-state index contributed by atoms with van der Waals surface area (Å²) < 4.78 is 5.22. The van der Waals surface area contributed by atoms with Gasteiger partial charge in [0.25, 0.3) is 0 Å². The second-order valence-electron chi connectivity index (χ2n) is 5.61. The zero-order valence-corrected chi connectivity index (χ0v) is 14.2. The predicted octanol–water partition coefficient (Wildman–Crippen LogP) is 4.52. The van der Waals surface area contributed by atoms with Gasteiger partial charge in [-0.15, -0.1) is 11.3 Å². The van der Waals surface area contributed by atoms with Gasteiger partial charge >= 0.3 is 0 Å². The van der Waals surface area contributed by atoms with Gasteiger partial charge in [0.2, 0.25) is 0 Å². The molecule has 2 nitrogen and oxygen atoms in total. The third kappa shape index (κ3) is 3.94. The number of thiophene rings is 1. The molecule has 114 valence electrons. The molecule has 0 aliphatic heterocycles. The van der Waals surface area contributed by atoms with E-state index in [9.17, 15) is 0 Å². The van der Waals surface area contributed by atoms with Crippen molar-refractivity contribution in [2.75, 3.05) is 20.8 Å². The molecule has 1 N–H and O–H groups in total. The van der Waals surface area contributed by atoms with Gasteiger partial charge in [-0.25, -0.2) is 0 Å².